The fourth-order valence-electron chi connectivity index (χ4n) is 2.75. The molecule has 1 radical (unpaired) electrons. The van der Waals surface area contributed by atoms with Gasteiger partial charge in [-0.25, -0.2) is 4.98 Å². The number of carbonyl (C=O) groups is 1. The molecule has 1 unspecified atom stereocenters. The van der Waals surface area contributed by atoms with Gasteiger partial charge in [-0.2, -0.15) is 6.92 Å². The van der Waals surface area contributed by atoms with Crippen molar-refractivity contribution in [1.29, 1.82) is 0 Å². The largest absolute Gasteiger partial charge is 0.674 e. The average molecular weight is 1110 g/mol. The Bertz CT molecular complexity index is 1190. The molecule has 37 heavy (non-hydrogen) atoms. The molecule has 0 aliphatic rings. The van der Waals surface area contributed by atoms with Crippen LogP contribution in [0.3, 0.4) is 0 Å². The zero-order chi connectivity index (χ0) is 25.7. The van der Waals surface area contributed by atoms with Crippen LogP contribution in [0, 0.1) is 0 Å². The minimum Gasteiger partial charge on any atom is -0.674 e. The van der Waals surface area contributed by atoms with Crippen molar-refractivity contribution in [2.45, 2.75) is 60.4 Å². The number of aromatic nitrogens is 2. The van der Waals surface area contributed by atoms with Gasteiger partial charge in [-0.1, -0.05) is 88.8 Å². The molecule has 2 aromatic carbocycles. The summed E-state index contributed by atoms with van der Waals surface area (Å²) >= 11 is 1.56. The van der Waals surface area contributed by atoms with Crippen LogP contribution >= 0.6 is 11.3 Å². The number of thiazole rings is 1. The number of carbonyl (C=O) groups excluding carboxylic acids is 2. The minimum atomic E-state index is -0.403. The van der Waals surface area contributed by atoms with Crippen molar-refractivity contribution in [3.8, 4) is 11.3 Å². The van der Waals surface area contributed by atoms with Crippen molar-refractivity contribution in [2.75, 3.05) is 0 Å². The van der Waals surface area contributed by atoms with Gasteiger partial charge in [0.05, 0.1) is 23.2 Å². The third kappa shape index (κ3) is 13.9. The Labute approximate surface area is 294 Å². The molecule has 0 aliphatic carbocycles. The van der Waals surface area contributed by atoms with E-state index in [1.54, 1.807) is 23.5 Å². The molecule has 0 bridgehead atoms. The van der Waals surface area contributed by atoms with Crippen LogP contribution in [0.25, 0.3) is 37.5 Å². The van der Waals surface area contributed by atoms with Crippen LogP contribution in [0.2, 0.25) is 0 Å². The zero-order valence-corrected chi connectivity index (χ0v) is 34.4. The molecule has 0 saturated heterocycles. The Balaban J connectivity index is -0.000000483. The van der Waals surface area contributed by atoms with Gasteiger partial charge in [-0.05, 0) is 18.6 Å². The number of fused-ring (bicyclic) bond motifs is 3. The molecule has 0 aliphatic heterocycles. The van der Waals surface area contributed by atoms with Crippen molar-refractivity contribution < 1.29 is 107 Å². The maximum Gasteiger partial charge on any atom is 0.195 e. The van der Waals surface area contributed by atoms with E-state index in [0.29, 0.717) is 24.0 Å². The molecule has 1 atom stereocenters. The number of hydrogen-bond donors (Lipinski definition) is 0. The summed E-state index contributed by atoms with van der Waals surface area (Å²) in [7, 11) is 0. The number of hydrogen-bond acceptors (Lipinski definition) is 4. The molecule has 4 rings (SSSR count). The summed E-state index contributed by atoms with van der Waals surface area (Å²) in [6.07, 6.45) is 2.63. The quantitative estimate of drug-likeness (QED) is 0.189. The summed E-state index contributed by atoms with van der Waals surface area (Å²) in [6.45, 7) is 11.2. The smallest absolute Gasteiger partial charge is 0.195 e. The molecule has 6 nitrogen and oxygen atoms in total. The molecule has 11 heteroatoms. The maximum absolute atomic E-state index is 11.9. The Kier molecular flexibility index (Phi) is 28.3. The van der Waals surface area contributed by atoms with Crippen molar-refractivity contribution in [2.24, 2.45) is 0 Å². The SMILES string of the molecule is CC.CC.C[C-]=O.[3H]c1c(-c2ccc([N-]C(=O)CC([NH-])CC)cc2)nc2sc3ccccc3n12.[W].[W].[W].[Y]. The van der Waals surface area contributed by atoms with E-state index >= 15 is 0 Å². The predicted molar refractivity (Wildman–Crippen MR) is 141 cm³/mol. The van der Waals surface area contributed by atoms with Gasteiger partial charge >= 0.3 is 0 Å². The Morgan fingerprint density at radius 3 is 2.19 bits per heavy atom. The van der Waals surface area contributed by atoms with Gasteiger partial charge in [0.25, 0.3) is 0 Å². The topological polar surface area (TPSA) is 89.3 Å². The first-order valence-electron chi connectivity index (χ1n) is 11.7. The fraction of sp³-hybridized carbons (Fsp3) is 0.346. The maximum atomic E-state index is 11.9. The molecule has 1 amide bonds. The third-order valence-corrected chi connectivity index (χ3v) is 5.25. The van der Waals surface area contributed by atoms with Gasteiger partial charge in [-0.3, -0.25) is 10.7 Å². The van der Waals surface area contributed by atoms with Gasteiger partial charge in [0, 0.05) is 108 Å². The minimum absolute atomic E-state index is 0. The van der Waals surface area contributed by atoms with E-state index in [2.05, 4.69) is 10.3 Å². The van der Waals surface area contributed by atoms with Crippen LogP contribution in [-0.2, 0) is 105 Å². The summed E-state index contributed by atoms with van der Waals surface area (Å²) in [5.74, 6) is -0.278. The van der Waals surface area contributed by atoms with Gasteiger partial charge < -0.3 is 20.6 Å². The second-order valence-corrected chi connectivity index (χ2v) is 7.33. The molecule has 0 fully saturated rings. The molecule has 2 aromatic heterocycles. The van der Waals surface area contributed by atoms with Gasteiger partial charge in [-0.15, -0.1) is 11.7 Å². The van der Waals surface area contributed by atoms with E-state index in [-0.39, 0.29) is 108 Å². The number of nitrogens with one attached hydrogen (secondary N) is 1. The summed E-state index contributed by atoms with van der Waals surface area (Å²) < 4.78 is 11.5. The predicted octanol–water partition coefficient (Wildman–Crippen LogP) is 8.13. The fourth-order valence-corrected chi connectivity index (χ4v) is 3.73. The molecule has 1 N–H and O–H groups in total. The molecule has 4 aromatic rings. The van der Waals surface area contributed by atoms with Crippen LogP contribution in [0.4, 0.5) is 5.69 Å². The number of nitrogens with zero attached hydrogens (tertiary/aromatic N) is 3. The summed E-state index contributed by atoms with van der Waals surface area (Å²) in [6, 6.07) is 14.7. The van der Waals surface area contributed by atoms with Crippen molar-refractivity contribution in [3.63, 3.8) is 0 Å². The molecular weight excluding hydrogens is 1070 g/mol. The number of imidazole rings is 1. The summed E-state index contributed by atoms with van der Waals surface area (Å²) in [4.78, 5) is 26.0. The normalized spacial score (nSPS) is 9.86. The Hall–Kier alpha value is 0.139. The van der Waals surface area contributed by atoms with Crippen molar-refractivity contribution >= 4 is 44.4 Å². The first-order valence-corrected chi connectivity index (χ1v) is 12.0. The van der Waals surface area contributed by atoms with E-state index < -0.39 is 6.04 Å². The Morgan fingerprint density at radius 2 is 1.65 bits per heavy atom. The molecule has 199 valence electrons. The van der Waals surface area contributed by atoms with Gasteiger partial charge in [0.1, 0.15) is 0 Å². The standard InChI is InChI=1S/C20H19N4OS.C2H3O.2C2H6.3W.Y/c1-2-14(21)11-19(25)22-15-9-7-13(8-10-15)16-12-24-17-5-3-4-6-18(17)26-20(24)23-16;1-2-3;2*1-2;;;;/h3-10,12,14,21H,2,11H2,1H3,(H,22,25);1H3;2*1-2H3;;;;/q2*-1;;;;;;/p-1/i12T;;;;;;;. The monoisotopic (exact) mass is 1110 g/mol. The van der Waals surface area contributed by atoms with E-state index in [1.165, 1.54) is 13.2 Å². The van der Waals surface area contributed by atoms with Crippen LogP contribution in [0.15, 0.2) is 54.7 Å². The zero-order valence-electron chi connectivity index (χ0n) is 23.0. The molecule has 2 heterocycles. The molecule has 0 saturated carbocycles. The average Bonchev–Trinajstić information content (AvgIpc) is 3.39. The summed E-state index contributed by atoms with van der Waals surface area (Å²) in [5.41, 5.74) is 10.6. The van der Waals surface area contributed by atoms with E-state index in [1.807, 2.05) is 75.4 Å². The molecular formula is C26H33N4O2SW3Y-3. The molecule has 0 spiro atoms. The second-order valence-electron chi connectivity index (χ2n) is 6.33. The van der Waals surface area contributed by atoms with Crippen LogP contribution < -0.4 is 0 Å². The van der Waals surface area contributed by atoms with E-state index in [9.17, 15) is 4.79 Å². The van der Waals surface area contributed by atoms with E-state index in [4.69, 9.17) is 11.9 Å². The summed E-state index contributed by atoms with van der Waals surface area (Å²) in [5, 5.41) is 4.05. The Morgan fingerprint density at radius 1 is 1.11 bits per heavy atom. The van der Waals surface area contributed by atoms with Crippen LogP contribution in [0.1, 0.15) is 55.8 Å². The number of amides is 1. The van der Waals surface area contributed by atoms with Gasteiger partial charge in [0.2, 0.25) is 0 Å². The first kappa shape index (κ1) is 41.6. The van der Waals surface area contributed by atoms with Crippen molar-refractivity contribution in [3.05, 3.63) is 65.8 Å². The van der Waals surface area contributed by atoms with Crippen LogP contribution in [0.5, 0.6) is 0 Å². The van der Waals surface area contributed by atoms with Crippen LogP contribution in [-0.4, -0.2) is 27.6 Å². The van der Waals surface area contributed by atoms with Gasteiger partial charge in [0.15, 0.2) is 4.96 Å². The second kappa shape index (κ2) is 25.1. The van der Waals surface area contributed by atoms with Crippen molar-refractivity contribution in [1.82, 2.24) is 9.38 Å². The third-order valence-electron chi connectivity index (χ3n) is 4.23. The van der Waals surface area contributed by atoms with E-state index in [0.717, 1.165) is 20.7 Å². The number of benzene rings is 2. The number of para-hydroxylation sites is 1. The number of rotatable bonds is 5. The first-order chi connectivity index (χ1) is 16.5.